The van der Waals surface area contributed by atoms with Gasteiger partial charge in [-0.15, -0.1) is 0 Å². The Kier molecular flexibility index (Phi) is 4.48. The molecule has 0 saturated heterocycles. The van der Waals surface area contributed by atoms with Crippen molar-refractivity contribution in [3.8, 4) is 11.5 Å². The third-order valence-electron chi connectivity index (χ3n) is 6.28. The third-order valence-corrected chi connectivity index (χ3v) is 6.28. The Morgan fingerprint density at radius 2 is 1.09 bits per heavy atom. The molecule has 4 aromatic rings. The number of ether oxygens (including phenoxy) is 2. The first kappa shape index (κ1) is 20.4. The lowest BCUT2D eigenvalue weighted by Crippen LogP contribution is -2.48. The molecule has 5 rings (SSSR count). The summed E-state index contributed by atoms with van der Waals surface area (Å²) >= 11 is 0. The zero-order valence-electron chi connectivity index (χ0n) is 17.4. The highest BCUT2D eigenvalue weighted by molar-refractivity contribution is 5.98. The van der Waals surface area contributed by atoms with E-state index in [1.165, 1.54) is 50.6 Å². The van der Waals surface area contributed by atoms with E-state index in [9.17, 15) is 19.0 Å². The Morgan fingerprint density at radius 3 is 1.47 bits per heavy atom. The maximum absolute atomic E-state index is 14.3. The van der Waals surface area contributed by atoms with Crippen LogP contribution in [0.5, 0.6) is 11.5 Å². The van der Waals surface area contributed by atoms with Gasteiger partial charge in [0.15, 0.2) is 11.2 Å². The molecular weight excluding hydrogens is 414 g/mol. The van der Waals surface area contributed by atoms with E-state index in [0.717, 1.165) is 12.1 Å². The molecule has 32 heavy (non-hydrogen) atoms. The summed E-state index contributed by atoms with van der Waals surface area (Å²) in [5.74, 6) is -0.588. The van der Waals surface area contributed by atoms with E-state index in [4.69, 9.17) is 9.47 Å². The first-order chi connectivity index (χ1) is 15.4. The molecule has 162 valence electrons. The van der Waals surface area contributed by atoms with E-state index >= 15 is 0 Å². The van der Waals surface area contributed by atoms with Crippen molar-refractivity contribution in [2.45, 2.75) is 11.2 Å². The van der Waals surface area contributed by atoms with Crippen LogP contribution in [0.4, 0.5) is 8.78 Å². The molecule has 2 N–H and O–H groups in total. The fourth-order valence-electron chi connectivity index (χ4n) is 4.93. The molecular formula is C26H20F2O4. The number of hydrogen-bond acceptors (Lipinski definition) is 4. The fraction of sp³-hybridized carbons (Fsp3) is 0.154. The van der Waals surface area contributed by atoms with Crippen molar-refractivity contribution >= 4 is 10.8 Å². The van der Waals surface area contributed by atoms with Gasteiger partial charge >= 0.3 is 0 Å². The molecule has 2 atom stereocenters. The number of methoxy groups -OCH3 is 2. The Morgan fingerprint density at radius 1 is 0.656 bits per heavy atom. The number of hydrogen-bond donors (Lipinski definition) is 2. The average Bonchev–Trinajstić information content (AvgIpc) is 3.02. The maximum atomic E-state index is 14.3. The van der Waals surface area contributed by atoms with Gasteiger partial charge in [0.2, 0.25) is 0 Å². The van der Waals surface area contributed by atoms with Gasteiger partial charge in [0.1, 0.15) is 23.1 Å². The Hall–Kier alpha value is -3.48. The van der Waals surface area contributed by atoms with E-state index in [2.05, 4.69) is 0 Å². The molecule has 1 aliphatic carbocycles. The summed E-state index contributed by atoms with van der Waals surface area (Å²) in [7, 11) is 2.89. The van der Waals surface area contributed by atoms with Crippen molar-refractivity contribution in [1.29, 1.82) is 0 Å². The van der Waals surface area contributed by atoms with Crippen molar-refractivity contribution < 1.29 is 28.5 Å². The van der Waals surface area contributed by atoms with Gasteiger partial charge in [-0.3, -0.25) is 0 Å². The lowest BCUT2D eigenvalue weighted by molar-refractivity contribution is -0.106. The minimum absolute atomic E-state index is 0.0910. The van der Waals surface area contributed by atoms with Crippen LogP contribution in [0.3, 0.4) is 0 Å². The highest BCUT2D eigenvalue weighted by Gasteiger charge is 2.62. The minimum Gasteiger partial charge on any atom is -0.496 e. The smallest absolute Gasteiger partial charge is 0.156 e. The SMILES string of the molecule is COc1ccc2ccc(OC)c3c2c1C(O)(c1cccc(F)c1)C3(O)c1cccc(F)c1. The molecule has 4 aromatic carbocycles. The van der Waals surface area contributed by atoms with E-state index in [1.54, 1.807) is 24.3 Å². The zero-order chi connectivity index (χ0) is 22.7. The van der Waals surface area contributed by atoms with Crippen LogP contribution in [0.25, 0.3) is 10.8 Å². The highest BCUT2D eigenvalue weighted by Crippen LogP contribution is 2.62. The Balaban J connectivity index is 2.03. The topological polar surface area (TPSA) is 58.9 Å². The lowest BCUT2D eigenvalue weighted by atomic mass is 9.71. The van der Waals surface area contributed by atoms with Crippen molar-refractivity contribution in [1.82, 2.24) is 0 Å². The van der Waals surface area contributed by atoms with Crippen molar-refractivity contribution in [3.05, 3.63) is 107 Å². The standard InChI is InChI=1S/C26H20F2O4/c1-31-20-11-9-15-10-12-21(32-2)24-22(15)23(20)25(29,16-5-3-7-18(27)13-16)26(24,30)17-6-4-8-19(28)14-17/h3-14,29-30H,1-2H3. The highest BCUT2D eigenvalue weighted by atomic mass is 19.1. The maximum Gasteiger partial charge on any atom is 0.156 e. The van der Waals surface area contributed by atoms with E-state index in [0.29, 0.717) is 22.3 Å². The van der Waals surface area contributed by atoms with Crippen LogP contribution < -0.4 is 9.47 Å². The van der Waals surface area contributed by atoms with Crippen LogP contribution in [-0.2, 0) is 11.2 Å². The van der Waals surface area contributed by atoms with Crippen LogP contribution in [0, 0.1) is 11.6 Å². The number of benzene rings is 4. The largest absolute Gasteiger partial charge is 0.496 e. The normalized spacial score (nSPS) is 21.7. The second kappa shape index (κ2) is 7.02. The predicted molar refractivity (Wildman–Crippen MR) is 116 cm³/mol. The van der Waals surface area contributed by atoms with Gasteiger partial charge in [-0.25, -0.2) is 8.78 Å². The number of halogens is 2. The first-order valence-corrected chi connectivity index (χ1v) is 10.0. The minimum atomic E-state index is -2.22. The summed E-state index contributed by atoms with van der Waals surface area (Å²) in [5, 5.41) is 26.1. The molecule has 4 nitrogen and oxygen atoms in total. The summed E-state index contributed by atoms with van der Waals surface area (Å²) in [6.45, 7) is 0. The van der Waals surface area contributed by atoms with Gasteiger partial charge in [0, 0.05) is 16.5 Å². The monoisotopic (exact) mass is 434 g/mol. The van der Waals surface area contributed by atoms with Crippen molar-refractivity contribution in [2.24, 2.45) is 0 Å². The number of rotatable bonds is 4. The molecule has 0 aliphatic heterocycles. The summed E-state index contributed by atoms with van der Waals surface area (Å²) < 4.78 is 39.8. The molecule has 0 spiro atoms. The van der Waals surface area contributed by atoms with E-state index in [-0.39, 0.29) is 22.3 Å². The molecule has 0 amide bonds. The second-order valence-corrected chi connectivity index (χ2v) is 7.83. The fourth-order valence-corrected chi connectivity index (χ4v) is 4.93. The van der Waals surface area contributed by atoms with Crippen LogP contribution in [0.1, 0.15) is 22.3 Å². The predicted octanol–water partition coefficient (Wildman–Crippen LogP) is 4.62. The lowest BCUT2D eigenvalue weighted by Gasteiger charge is -2.41. The van der Waals surface area contributed by atoms with Gasteiger partial charge < -0.3 is 19.7 Å². The molecule has 1 aliphatic rings. The van der Waals surface area contributed by atoms with E-state index < -0.39 is 22.8 Å². The molecule has 0 aromatic heterocycles. The third kappa shape index (κ3) is 2.48. The summed E-state index contributed by atoms with van der Waals surface area (Å²) in [6.07, 6.45) is 0. The molecule has 0 saturated carbocycles. The molecule has 0 bridgehead atoms. The van der Waals surface area contributed by atoms with Crippen LogP contribution in [-0.4, -0.2) is 24.4 Å². The number of aliphatic hydroxyl groups is 2. The molecule has 0 radical (unpaired) electrons. The van der Waals surface area contributed by atoms with Gasteiger partial charge in [-0.2, -0.15) is 0 Å². The summed E-state index contributed by atoms with van der Waals surface area (Å²) in [6, 6.07) is 17.7. The second-order valence-electron chi connectivity index (χ2n) is 7.83. The molecule has 2 unspecified atom stereocenters. The Labute approximate surface area is 183 Å². The summed E-state index contributed by atoms with van der Waals surface area (Å²) in [5.41, 5.74) is -3.75. The molecule has 0 fully saturated rings. The van der Waals surface area contributed by atoms with Gasteiger partial charge in [0.05, 0.1) is 14.2 Å². The van der Waals surface area contributed by atoms with Gasteiger partial charge in [-0.1, -0.05) is 36.4 Å². The van der Waals surface area contributed by atoms with Crippen LogP contribution >= 0.6 is 0 Å². The van der Waals surface area contributed by atoms with Crippen LogP contribution in [0.15, 0.2) is 72.8 Å². The van der Waals surface area contributed by atoms with Crippen molar-refractivity contribution in [2.75, 3.05) is 14.2 Å². The molecule has 6 heteroatoms. The summed E-state index contributed by atoms with van der Waals surface area (Å²) in [4.78, 5) is 0. The molecule has 0 heterocycles. The van der Waals surface area contributed by atoms with Gasteiger partial charge in [0.25, 0.3) is 0 Å². The van der Waals surface area contributed by atoms with Crippen LogP contribution in [0.2, 0.25) is 0 Å². The van der Waals surface area contributed by atoms with E-state index in [1.807, 2.05) is 0 Å². The average molecular weight is 434 g/mol. The quantitative estimate of drug-likeness (QED) is 0.492. The van der Waals surface area contributed by atoms with Crippen molar-refractivity contribution in [3.63, 3.8) is 0 Å². The van der Waals surface area contributed by atoms with Gasteiger partial charge in [-0.05, 0) is 52.9 Å². The Bertz CT molecular complexity index is 1270. The first-order valence-electron chi connectivity index (χ1n) is 10.0. The zero-order valence-corrected chi connectivity index (χ0v) is 17.4.